The average Bonchev–Trinajstić information content (AvgIpc) is 3.52. The van der Waals surface area contributed by atoms with Gasteiger partial charge in [-0.2, -0.15) is 5.10 Å². The van der Waals surface area contributed by atoms with Gasteiger partial charge in [-0.05, 0) is 94.8 Å². The maximum absolute atomic E-state index is 15.9. The number of nitrogens with zero attached hydrogens (tertiary/aromatic N) is 5. The minimum atomic E-state index is -1.34. The third-order valence-electron chi connectivity index (χ3n) is 9.73. The Morgan fingerprint density at radius 3 is 2.70 bits per heavy atom. The van der Waals surface area contributed by atoms with Gasteiger partial charge in [0.1, 0.15) is 5.65 Å². The van der Waals surface area contributed by atoms with Crippen molar-refractivity contribution in [2.45, 2.75) is 72.5 Å². The number of ether oxygens (including phenoxy) is 2. The van der Waals surface area contributed by atoms with Crippen LogP contribution < -0.4 is 4.74 Å². The van der Waals surface area contributed by atoms with Crippen LogP contribution in [-0.2, 0) is 30.0 Å². The van der Waals surface area contributed by atoms with E-state index in [9.17, 15) is 9.90 Å². The molecule has 0 fully saturated rings. The van der Waals surface area contributed by atoms with Gasteiger partial charge < -0.3 is 19.1 Å². The van der Waals surface area contributed by atoms with Crippen LogP contribution in [-0.4, -0.2) is 48.3 Å². The number of carboxylic acid groups (broad SMARTS) is 1. The molecule has 2 unspecified atom stereocenters. The van der Waals surface area contributed by atoms with Crippen LogP contribution in [0.1, 0.15) is 80.3 Å². The molecule has 7 rings (SSSR count). The number of carboxylic acids is 1. The number of aryl methyl sites for hydroxylation is 3. The zero-order valence-corrected chi connectivity index (χ0v) is 30.5. The van der Waals surface area contributed by atoms with Crippen LogP contribution in [0.3, 0.4) is 0 Å². The van der Waals surface area contributed by atoms with Crippen molar-refractivity contribution in [1.29, 1.82) is 0 Å². The molecular formula is C39H42FN5O4S. The first kappa shape index (κ1) is 34.0. The van der Waals surface area contributed by atoms with Crippen molar-refractivity contribution in [2.75, 3.05) is 6.61 Å². The quantitative estimate of drug-likeness (QED) is 0.177. The number of aliphatic carboxylic acids is 1. The van der Waals surface area contributed by atoms with E-state index in [4.69, 9.17) is 18.9 Å². The first-order valence-electron chi connectivity index (χ1n) is 17.0. The van der Waals surface area contributed by atoms with E-state index < -0.39 is 23.5 Å². The molecule has 0 aliphatic carbocycles. The molecule has 0 amide bonds. The summed E-state index contributed by atoms with van der Waals surface area (Å²) in [6.45, 7) is 11.9. The zero-order valence-electron chi connectivity index (χ0n) is 29.7. The number of hydrogen-bond donors (Lipinski definition) is 1. The number of carbonyl (C=O) groups is 1. The number of aromatic nitrogens is 4. The smallest absolute Gasteiger partial charge is 0.337 e. The van der Waals surface area contributed by atoms with E-state index in [1.54, 1.807) is 6.92 Å². The lowest BCUT2D eigenvalue weighted by molar-refractivity contribution is -0.160. The lowest BCUT2D eigenvalue weighted by atomic mass is 9.86. The van der Waals surface area contributed by atoms with Crippen molar-refractivity contribution < 1.29 is 23.8 Å². The summed E-state index contributed by atoms with van der Waals surface area (Å²) < 4.78 is 36.9. The standard InChI is InChI=1S/C39H42FN5O4S/c1-20-11-14-31(23-12-13-29-24(16-23)19-41-45(29)8)50-43-34(20)30-18-27-33(26-17-28(40)35-25(21(26)2)10-9-15-48-35)32(22(3)42-37(27)44(30)7)36(38(46)47)49-39(4,5)6/h12-14,16-20,36H,9-11,15H2,1-8H3,(H,46,47). The fourth-order valence-corrected chi connectivity index (χ4v) is 8.10. The SMILES string of the molecule is Cc1nc2c(cc(C3=NSC(c4ccc5c(cnn5C)c4)=CCC3C)n2C)c(-c2cc(F)c3c(c2C)CCCO3)c1C(OC(C)(C)C)C(=O)O. The van der Waals surface area contributed by atoms with Crippen LogP contribution in [0.2, 0.25) is 0 Å². The van der Waals surface area contributed by atoms with Gasteiger partial charge in [0, 0.05) is 70.0 Å². The van der Waals surface area contributed by atoms with E-state index in [0.717, 1.165) is 56.7 Å². The van der Waals surface area contributed by atoms with Gasteiger partial charge in [0.05, 0.1) is 35.3 Å². The highest BCUT2D eigenvalue weighted by Gasteiger charge is 2.35. The van der Waals surface area contributed by atoms with Gasteiger partial charge in [-0.15, -0.1) is 0 Å². The average molecular weight is 696 g/mol. The number of benzene rings is 2. The Bertz CT molecular complexity index is 2260. The van der Waals surface area contributed by atoms with E-state index in [1.807, 2.05) is 63.3 Å². The zero-order chi connectivity index (χ0) is 35.6. The molecule has 1 N–H and O–H groups in total. The van der Waals surface area contributed by atoms with Gasteiger partial charge in [-0.3, -0.25) is 4.68 Å². The largest absolute Gasteiger partial charge is 0.490 e. The lowest BCUT2D eigenvalue weighted by Gasteiger charge is -2.29. The Morgan fingerprint density at radius 1 is 1.18 bits per heavy atom. The van der Waals surface area contributed by atoms with Crippen LogP contribution in [0, 0.1) is 25.6 Å². The molecule has 0 saturated carbocycles. The van der Waals surface area contributed by atoms with Crippen LogP contribution in [0.15, 0.2) is 47.0 Å². The Balaban J connectivity index is 1.42. The molecule has 0 radical (unpaired) electrons. The monoisotopic (exact) mass is 695 g/mol. The van der Waals surface area contributed by atoms with Crippen molar-refractivity contribution in [3.63, 3.8) is 0 Å². The molecule has 2 atom stereocenters. The summed E-state index contributed by atoms with van der Waals surface area (Å²) in [4.78, 5) is 19.1. The van der Waals surface area contributed by atoms with Gasteiger partial charge in [-0.1, -0.05) is 19.1 Å². The highest BCUT2D eigenvalue weighted by molar-refractivity contribution is 8.07. The predicted octanol–water partition coefficient (Wildman–Crippen LogP) is 8.67. The highest BCUT2D eigenvalue weighted by atomic mass is 32.2. The Hall–Kier alpha value is -4.48. The number of rotatable bonds is 6. The summed E-state index contributed by atoms with van der Waals surface area (Å²) in [5, 5.41) is 16.8. The molecule has 9 nitrogen and oxygen atoms in total. The molecule has 5 aromatic rings. The van der Waals surface area contributed by atoms with Crippen molar-refractivity contribution in [1.82, 2.24) is 19.3 Å². The fourth-order valence-electron chi connectivity index (χ4n) is 7.23. The molecule has 0 saturated heterocycles. The van der Waals surface area contributed by atoms with Gasteiger partial charge in [-0.25, -0.2) is 18.6 Å². The Morgan fingerprint density at radius 2 is 1.96 bits per heavy atom. The third-order valence-corrected chi connectivity index (χ3v) is 10.6. The van der Waals surface area contributed by atoms with Gasteiger partial charge in [0.15, 0.2) is 17.7 Å². The summed E-state index contributed by atoms with van der Waals surface area (Å²) >= 11 is 1.45. The topological polar surface area (TPSA) is 104 Å². The second-order valence-corrected chi connectivity index (χ2v) is 15.2. The molecule has 3 aromatic heterocycles. The predicted molar refractivity (Wildman–Crippen MR) is 197 cm³/mol. The summed E-state index contributed by atoms with van der Waals surface area (Å²) in [5.41, 5.74) is 7.60. The maximum Gasteiger partial charge on any atom is 0.337 e. The number of fused-ring (bicyclic) bond motifs is 3. The van der Waals surface area contributed by atoms with Crippen molar-refractivity contribution in [3.8, 4) is 16.9 Å². The number of pyridine rings is 1. The van der Waals surface area contributed by atoms with Gasteiger partial charge in [0.2, 0.25) is 0 Å². The lowest BCUT2D eigenvalue weighted by Crippen LogP contribution is -2.28. The van der Waals surface area contributed by atoms with E-state index in [2.05, 4.69) is 36.3 Å². The Kier molecular flexibility index (Phi) is 8.63. The van der Waals surface area contributed by atoms with Gasteiger partial charge in [0.25, 0.3) is 0 Å². The molecule has 11 heteroatoms. The summed E-state index contributed by atoms with van der Waals surface area (Å²) in [7, 11) is 3.89. The molecule has 260 valence electrons. The molecular weight excluding hydrogens is 654 g/mol. The minimum absolute atomic E-state index is 0.0743. The molecule has 2 aliphatic rings. The Labute approximate surface area is 295 Å². The van der Waals surface area contributed by atoms with Crippen molar-refractivity contribution >= 4 is 50.5 Å². The van der Waals surface area contributed by atoms with Crippen LogP contribution in [0.4, 0.5) is 4.39 Å². The van der Waals surface area contributed by atoms with E-state index in [0.29, 0.717) is 46.4 Å². The van der Waals surface area contributed by atoms with Crippen LogP contribution in [0.5, 0.6) is 5.75 Å². The van der Waals surface area contributed by atoms with Crippen LogP contribution >= 0.6 is 11.9 Å². The second-order valence-electron chi connectivity index (χ2n) is 14.4. The number of allylic oxidation sites excluding steroid dienone is 1. The van der Waals surface area contributed by atoms with E-state index in [1.165, 1.54) is 18.0 Å². The van der Waals surface area contributed by atoms with Crippen LogP contribution in [0.25, 0.3) is 38.0 Å². The molecule has 50 heavy (non-hydrogen) atoms. The fraction of sp³-hybridized carbons (Fsp3) is 0.385. The highest BCUT2D eigenvalue weighted by Crippen LogP contribution is 2.45. The minimum Gasteiger partial charge on any atom is -0.490 e. The van der Waals surface area contributed by atoms with E-state index >= 15 is 4.39 Å². The molecule has 0 spiro atoms. The summed E-state index contributed by atoms with van der Waals surface area (Å²) in [6.07, 6.45) is 4.99. The number of hydrogen-bond acceptors (Lipinski definition) is 7. The summed E-state index contributed by atoms with van der Waals surface area (Å²) in [6, 6.07) is 9.85. The molecule has 0 bridgehead atoms. The normalized spacial score (nSPS) is 17.3. The molecule has 5 heterocycles. The first-order valence-corrected chi connectivity index (χ1v) is 17.7. The van der Waals surface area contributed by atoms with Gasteiger partial charge >= 0.3 is 5.97 Å². The summed E-state index contributed by atoms with van der Waals surface area (Å²) in [5.74, 6) is -1.25. The maximum atomic E-state index is 15.9. The van der Waals surface area contributed by atoms with Crippen molar-refractivity contribution in [2.24, 2.45) is 24.4 Å². The molecule has 2 aromatic carbocycles. The first-order chi connectivity index (χ1) is 23.7. The van der Waals surface area contributed by atoms with Crippen molar-refractivity contribution in [3.05, 3.63) is 82.1 Å². The number of halogens is 1. The third kappa shape index (κ3) is 5.90. The molecule has 2 aliphatic heterocycles. The van der Waals surface area contributed by atoms with E-state index in [-0.39, 0.29) is 11.7 Å². The second kappa shape index (κ2) is 12.7.